The molecule has 156 valence electrons. The number of amides is 1. The Bertz CT molecular complexity index is 875. The summed E-state index contributed by atoms with van der Waals surface area (Å²) in [5, 5.41) is -0.397. The monoisotopic (exact) mass is 425 g/mol. The molecule has 3 rings (SSSR count). The molecule has 0 aromatic heterocycles. The summed E-state index contributed by atoms with van der Waals surface area (Å²) in [6.45, 7) is 3.85. The highest BCUT2D eigenvalue weighted by atomic mass is 32.2. The lowest BCUT2D eigenvalue weighted by Crippen LogP contribution is -2.35. The first-order valence-electron chi connectivity index (χ1n) is 8.94. The number of halogens is 3. The Morgan fingerprint density at radius 3 is 2.07 bits per heavy atom. The van der Waals surface area contributed by atoms with E-state index in [-0.39, 0.29) is 12.5 Å². The Balaban J connectivity index is 1.99. The minimum absolute atomic E-state index is 0.0969. The molecule has 0 saturated carbocycles. The molecule has 1 aliphatic rings. The third-order valence-electron chi connectivity index (χ3n) is 4.81. The maximum atomic E-state index is 13.1. The van der Waals surface area contributed by atoms with Crippen molar-refractivity contribution >= 4 is 17.7 Å². The molecule has 1 unspecified atom stereocenters. The normalized spacial score (nSPS) is 18.8. The van der Waals surface area contributed by atoms with Crippen molar-refractivity contribution in [3.63, 3.8) is 0 Å². The van der Waals surface area contributed by atoms with Gasteiger partial charge in [-0.3, -0.25) is 4.79 Å². The second-order valence-corrected chi connectivity index (χ2v) is 8.89. The molecule has 1 heterocycles. The van der Waals surface area contributed by atoms with Crippen LogP contribution in [-0.4, -0.2) is 29.8 Å². The average molecular weight is 425 g/mol. The molecule has 8 heteroatoms. The maximum Gasteiger partial charge on any atom is 0.416 e. The molecule has 1 atom stereocenters. The summed E-state index contributed by atoms with van der Waals surface area (Å²) >= 11 is 1.46. The highest BCUT2D eigenvalue weighted by Gasteiger charge is 2.48. The molecule has 0 N–H and O–H groups in total. The number of hydrogen-bond donors (Lipinski definition) is 0. The fraction of sp³-hybridized carbons (Fsp3) is 0.381. The van der Waals surface area contributed by atoms with Gasteiger partial charge in [0.15, 0.2) is 0 Å². The van der Waals surface area contributed by atoms with Gasteiger partial charge in [0.1, 0.15) is 16.9 Å². The Morgan fingerprint density at radius 2 is 1.59 bits per heavy atom. The second-order valence-electron chi connectivity index (χ2n) is 7.18. The summed E-state index contributed by atoms with van der Waals surface area (Å²) in [5.74, 6) is 1.08. The van der Waals surface area contributed by atoms with Crippen LogP contribution in [0, 0.1) is 0 Å². The number of carbonyl (C=O) groups excluding carboxylic acids is 1. The van der Waals surface area contributed by atoms with Gasteiger partial charge in [0.05, 0.1) is 30.1 Å². The Hall–Kier alpha value is -2.35. The van der Waals surface area contributed by atoms with Crippen LogP contribution in [0.2, 0.25) is 0 Å². The van der Waals surface area contributed by atoms with Crippen molar-refractivity contribution in [1.82, 2.24) is 4.90 Å². The van der Waals surface area contributed by atoms with Crippen molar-refractivity contribution in [2.45, 2.75) is 36.7 Å². The first kappa shape index (κ1) is 21.4. The maximum absolute atomic E-state index is 13.1. The first-order valence-corrected chi connectivity index (χ1v) is 9.82. The van der Waals surface area contributed by atoms with Crippen LogP contribution < -0.4 is 9.47 Å². The smallest absolute Gasteiger partial charge is 0.416 e. The van der Waals surface area contributed by atoms with Crippen LogP contribution in [0.1, 0.15) is 35.9 Å². The molecule has 2 aromatic rings. The van der Waals surface area contributed by atoms with Crippen LogP contribution in [-0.2, 0) is 17.5 Å². The van der Waals surface area contributed by atoms with Gasteiger partial charge >= 0.3 is 6.18 Å². The van der Waals surface area contributed by atoms with Crippen LogP contribution in [0.15, 0.2) is 42.5 Å². The fourth-order valence-electron chi connectivity index (χ4n) is 3.33. The molecule has 4 nitrogen and oxygen atoms in total. The lowest BCUT2D eigenvalue weighted by molar-refractivity contribution is -0.137. The lowest BCUT2D eigenvalue weighted by atomic mass is 10.1. The minimum Gasteiger partial charge on any atom is -0.496 e. The molecule has 0 spiro atoms. The van der Waals surface area contributed by atoms with Crippen molar-refractivity contribution in [1.29, 1.82) is 0 Å². The van der Waals surface area contributed by atoms with E-state index in [0.29, 0.717) is 17.1 Å². The number of benzene rings is 2. The van der Waals surface area contributed by atoms with E-state index >= 15 is 0 Å². The van der Waals surface area contributed by atoms with Gasteiger partial charge in [-0.1, -0.05) is 18.2 Å². The van der Waals surface area contributed by atoms with E-state index in [2.05, 4.69) is 0 Å². The number of nitrogens with zero attached hydrogens (tertiary/aromatic N) is 1. The molecule has 1 aliphatic heterocycles. The van der Waals surface area contributed by atoms with E-state index in [0.717, 1.165) is 17.7 Å². The van der Waals surface area contributed by atoms with E-state index in [1.165, 1.54) is 23.9 Å². The van der Waals surface area contributed by atoms with Crippen LogP contribution in [0.3, 0.4) is 0 Å². The van der Waals surface area contributed by atoms with E-state index in [9.17, 15) is 18.0 Å². The molecule has 0 aliphatic carbocycles. The molecule has 0 radical (unpaired) electrons. The number of hydrogen-bond acceptors (Lipinski definition) is 4. The molecule has 1 amide bonds. The number of methoxy groups -OCH3 is 2. The second kappa shape index (κ2) is 7.82. The lowest BCUT2D eigenvalue weighted by Gasteiger charge is -2.27. The van der Waals surface area contributed by atoms with E-state index in [1.54, 1.807) is 37.3 Å². The van der Waals surface area contributed by atoms with Crippen molar-refractivity contribution in [3.8, 4) is 11.5 Å². The topological polar surface area (TPSA) is 38.8 Å². The molecule has 1 fully saturated rings. The highest BCUT2D eigenvalue weighted by molar-refractivity contribution is 8.02. The predicted octanol–water partition coefficient (Wildman–Crippen LogP) is 5.28. The van der Waals surface area contributed by atoms with Gasteiger partial charge in [-0.05, 0) is 43.7 Å². The molecule has 0 bridgehead atoms. The van der Waals surface area contributed by atoms with Crippen LogP contribution in [0.5, 0.6) is 11.5 Å². The highest BCUT2D eigenvalue weighted by Crippen LogP contribution is 2.54. The summed E-state index contributed by atoms with van der Waals surface area (Å²) in [5.41, 5.74) is 0.628. The zero-order valence-electron chi connectivity index (χ0n) is 16.5. The third-order valence-corrected chi connectivity index (χ3v) is 6.29. The van der Waals surface area contributed by atoms with Crippen LogP contribution >= 0.6 is 11.8 Å². The summed E-state index contributed by atoms with van der Waals surface area (Å²) in [6, 6.07) is 10.3. The van der Waals surface area contributed by atoms with E-state index < -0.39 is 21.9 Å². The zero-order chi connectivity index (χ0) is 21.4. The molecule has 2 aromatic carbocycles. The Kier molecular flexibility index (Phi) is 5.76. The molecule has 1 saturated heterocycles. The van der Waals surface area contributed by atoms with E-state index in [1.807, 2.05) is 13.8 Å². The molecular weight excluding hydrogens is 403 g/mol. The Morgan fingerprint density at radius 1 is 1.03 bits per heavy atom. The fourth-order valence-corrected chi connectivity index (χ4v) is 4.76. The third kappa shape index (κ3) is 4.17. The van der Waals surface area contributed by atoms with Crippen molar-refractivity contribution in [2.24, 2.45) is 0 Å². The number of carbonyl (C=O) groups is 1. The molecular formula is C21H22F3NO3S. The summed E-state index contributed by atoms with van der Waals surface area (Å²) in [7, 11) is 3.09. The number of ether oxygens (including phenoxy) is 2. The van der Waals surface area contributed by atoms with Gasteiger partial charge in [0, 0.05) is 6.54 Å². The van der Waals surface area contributed by atoms with Crippen molar-refractivity contribution < 1.29 is 27.4 Å². The van der Waals surface area contributed by atoms with Crippen LogP contribution in [0.25, 0.3) is 0 Å². The van der Waals surface area contributed by atoms with Gasteiger partial charge in [-0.2, -0.15) is 13.2 Å². The predicted molar refractivity (Wildman–Crippen MR) is 106 cm³/mol. The Labute approximate surface area is 172 Å². The summed E-state index contributed by atoms with van der Waals surface area (Å²) < 4.78 is 48.8. The average Bonchev–Trinajstić information content (AvgIpc) is 2.90. The number of thioether (sulfide) groups is 1. The van der Waals surface area contributed by atoms with E-state index in [4.69, 9.17) is 9.47 Å². The van der Waals surface area contributed by atoms with Gasteiger partial charge < -0.3 is 14.4 Å². The van der Waals surface area contributed by atoms with Crippen molar-refractivity contribution in [2.75, 3.05) is 14.2 Å². The quantitative estimate of drug-likeness (QED) is 0.654. The number of alkyl halides is 3. The summed E-state index contributed by atoms with van der Waals surface area (Å²) in [4.78, 5) is 14.7. The summed E-state index contributed by atoms with van der Waals surface area (Å²) in [6.07, 6.45) is -4.40. The standard InChI is InChI=1S/C21H22F3NO3S/c1-20(2)19(26)25(12-13-8-10-14(11-9-13)21(22,23)24)18(29-20)17-15(27-3)6-5-7-16(17)28-4/h5-11,18H,12H2,1-4H3. The first-order chi connectivity index (χ1) is 13.6. The van der Waals surface area contributed by atoms with Gasteiger partial charge in [-0.25, -0.2) is 0 Å². The zero-order valence-corrected chi connectivity index (χ0v) is 17.4. The van der Waals surface area contributed by atoms with Crippen LogP contribution in [0.4, 0.5) is 13.2 Å². The minimum atomic E-state index is -4.40. The van der Waals surface area contributed by atoms with Gasteiger partial charge in [0.2, 0.25) is 5.91 Å². The van der Waals surface area contributed by atoms with Crippen molar-refractivity contribution in [3.05, 3.63) is 59.2 Å². The van der Waals surface area contributed by atoms with Gasteiger partial charge in [0.25, 0.3) is 0 Å². The largest absolute Gasteiger partial charge is 0.496 e. The number of rotatable bonds is 5. The van der Waals surface area contributed by atoms with Gasteiger partial charge in [-0.15, -0.1) is 11.8 Å². The SMILES string of the molecule is COc1cccc(OC)c1C1SC(C)(C)C(=O)N1Cc1ccc(C(F)(F)F)cc1. The molecule has 29 heavy (non-hydrogen) atoms.